The van der Waals surface area contributed by atoms with Crippen molar-refractivity contribution in [3.05, 3.63) is 0 Å². The molecule has 0 amide bonds. The van der Waals surface area contributed by atoms with Gasteiger partial charge >= 0.3 is 67.1 Å². The number of hydrogen-bond donors (Lipinski definition) is 0. The Bertz CT molecular complexity index is 107. The van der Waals surface area contributed by atoms with Gasteiger partial charge in [-0.25, -0.2) is 0 Å². The molecular formula is C7H14OTe. The molecular weight excluding hydrogens is 228 g/mol. The molecule has 0 aromatic rings. The molecule has 0 aliphatic carbocycles. The maximum atomic E-state index is 10.9. The van der Waals surface area contributed by atoms with E-state index in [9.17, 15) is 4.79 Å². The molecule has 0 bridgehead atoms. The molecule has 9 heavy (non-hydrogen) atoms. The summed E-state index contributed by atoms with van der Waals surface area (Å²) in [5.41, 5.74) is 0. The van der Waals surface area contributed by atoms with E-state index in [1.165, 1.54) is 4.47 Å². The van der Waals surface area contributed by atoms with Crippen molar-refractivity contribution in [2.75, 3.05) is 0 Å². The first kappa shape index (κ1) is 9.46. The fraction of sp³-hybridized carbons (Fsp3) is 0.857. The van der Waals surface area contributed by atoms with Crippen molar-refractivity contribution in [3.63, 3.8) is 0 Å². The molecule has 0 N–H and O–H groups in total. The molecule has 2 heteroatoms. The quantitative estimate of drug-likeness (QED) is 0.690. The van der Waals surface area contributed by atoms with Crippen LogP contribution in [-0.4, -0.2) is 26.7 Å². The van der Waals surface area contributed by atoms with Crippen LogP contribution >= 0.6 is 0 Å². The molecule has 0 aromatic heterocycles. The van der Waals surface area contributed by atoms with Crippen molar-refractivity contribution in [3.8, 4) is 0 Å². The Labute approximate surface area is 67.3 Å². The average molecular weight is 242 g/mol. The van der Waals surface area contributed by atoms with Crippen LogP contribution in [-0.2, 0) is 4.79 Å². The van der Waals surface area contributed by atoms with E-state index < -0.39 is 0 Å². The Hall–Kier alpha value is 0.460. The van der Waals surface area contributed by atoms with Crippen molar-refractivity contribution in [1.29, 1.82) is 0 Å². The standard InChI is InChI=1S/C7H14OTe/c1-5-9-7(3,4)6(2)8/h5H2,1-4H3. The first-order valence-electron chi connectivity index (χ1n) is 3.15. The van der Waals surface area contributed by atoms with E-state index in [1.807, 2.05) is 0 Å². The minimum absolute atomic E-state index is 0.0415. The van der Waals surface area contributed by atoms with Crippen LogP contribution in [0.2, 0.25) is 7.93 Å². The maximum absolute atomic E-state index is 10.9. The fourth-order valence-corrected chi connectivity index (χ4v) is 3.10. The van der Waals surface area contributed by atoms with Crippen LogP contribution < -0.4 is 0 Å². The van der Waals surface area contributed by atoms with Gasteiger partial charge in [0.2, 0.25) is 0 Å². The topological polar surface area (TPSA) is 17.1 Å². The van der Waals surface area contributed by atoms with Crippen LogP contribution in [0.5, 0.6) is 0 Å². The molecule has 0 saturated heterocycles. The molecule has 0 aliphatic heterocycles. The Morgan fingerprint density at radius 1 is 1.56 bits per heavy atom. The third-order valence-electron chi connectivity index (χ3n) is 1.35. The van der Waals surface area contributed by atoms with Crippen molar-refractivity contribution < 1.29 is 4.79 Å². The van der Waals surface area contributed by atoms with Crippen LogP contribution in [0.3, 0.4) is 0 Å². The van der Waals surface area contributed by atoms with Gasteiger partial charge < -0.3 is 0 Å². The second kappa shape index (κ2) is 3.58. The van der Waals surface area contributed by atoms with E-state index in [1.54, 1.807) is 6.92 Å². The Kier molecular flexibility index (Phi) is 3.77. The monoisotopic (exact) mass is 244 g/mol. The zero-order valence-electron chi connectivity index (χ0n) is 6.52. The van der Waals surface area contributed by atoms with Gasteiger partial charge in [-0.2, -0.15) is 0 Å². The average Bonchev–Trinajstić information content (AvgIpc) is 1.65. The number of ketones is 1. The van der Waals surface area contributed by atoms with Crippen LogP contribution in [0.1, 0.15) is 27.7 Å². The molecule has 0 rings (SSSR count). The van der Waals surface area contributed by atoms with Crippen LogP contribution in [0, 0.1) is 0 Å². The van der Waals surface area contributed by atoms with E-state index in [0.29, 0.717) is 5.78 Å². The zero-order chi connectivity index (χ0) is 7.49. The summed E-state index contributed by atoms with van der Waals surface area (Å²) in [5.74, 6) is 0.353. The molecule has 0 spiro atoms. The van der Waals surface area contributed by atoms with Gasteiger partial charge in [-0.05, 0) is 0 Å². The SMILES string of the molecule is CC[Te]C(C)(C)C(C)=O. The summed E-state index contributed by atoms with van der Waals surface area (Å²) in [4.78, 5) is 10.9. The number of Topliss-reactive ketones (excluding diaryl/α,β-unsaturated/α-hetero) is 1. The van der Waals surface area contributed by atoms with Gasteiger partial charge in [-0.3, -0.25) is 0 Å². The molecule has 1 nitrogen and oxygen atoms in total. The second-order valence-corrected chi connectivity index (χ2v) is 7.88. The second-order valence-electron chi connectivity index (χ2n) is 2.50. The van der Waals surface area contributed by atoms with E-state index in [0.717, 1.165) is 0 Å². The fourth-order valence-electron chi connectivity index (χ4n) is 0.462. The van der Waals surface area contributed by atoms with Gasteiger partial charge in [-0.15, -0.1) is 0 Å². The molecule has 0 aromatic carbocycles. The Balaban J connectivity index is 3.85. The first-order chi connectivity index (χ1) is 4.00. The van der Waals surface area contributed by atoms with Crippen molar-refractivity contribution >= 4 is 26.7 Å². The molecule has 0 unspecified atom stereocenters. The van der Waals surface area contributed by atoms with E-state index >= 15 is 0 Å². The Morgan fingerprint density at radius 2 is 2.00 bits per heavy atom. The number of hydrogen-bond acceptors (Lipinski definition) is 1. The van der Waals surface area contributed by atoms with Crippen molar-refractivity contribution in [2.45, 2.75) is 35.6 Å². The molecule has 0 aliphatic rings. The summed E-state index contributed by atoms with van der Waals surface area (Å²) < 4.78 is 1.26. The van der Waals surface area contributed by atoms with Gasteiger partial charge in [0.1, 0.15) is 0 Å². The summed E-state index contributed by atoms with van der Waals surface area (Å²) >= 11 is -0.0738. The Morgan fingerprint density at radius 3 is 2.11 bits per heavy atom. The summed E-state index contributed by atoms with van der Waals surface area (Å²) in [5, 5.41) is 0. The zero-order valence-corrected chi connectivity index (χ0v) is 8.85. The van der Waals surface area contributed by atoms with Gasteiger partial charge in [0.25, 0.3) is 0 Å². The summed E-state index contributed by atoms with van der Waals surface area (Å²) in [6.07, 6.45) is 0. The number of rotatable bonds is 3. The predicted octanol–water partition coefficient (Wildman–Crippen LogP) is 1.92. The van der Waals surface area contributed by atoms with Gasteiger partial charge in [0.15, 0.2) is 0 Å². The van der Waals surface area contributed by atoms with Gasteiger partial charge in [0.05, 0.1) is 0 Å². The van der Waals surface area contributed by atoms with E-state index in [4.69, 9.17) is 0 Å². The summed E-state index contributed by atoms with van der Waals surface area (Å²) in [6, 6.07) is 0. The molecule has 54 valence electrons. The van der Waals surface area contributed by atoms with Crippen molar-refractivity contribution in [2.24, 2.45) is 0 Å². The van der Waals surface area contributed by atoms with Crippen LogP contribution in [0.4, 0.5) is 0 Å². The normalized spacial score (nSPS) is 11.6. The van der Waals surface area contributed by atoms with Gasteiger partial charge in [0, 0.05) is 0 Å². The summed E-state index contributed by atoms with van der Waals surface area (Å²) in [7, 11) is 0. The minimum atomic E-state index is -0.0738. The molecule has 0 radical (unpaired) electrons. The summed E-state index contributed by atoms with van der Waals surface area (Å²) in [6.45, 7) is 7.97. The molecule has 0 saturated carbocycles. The molecule has 0 fully saturated rings. The van der Waals surface area contributed by atoms with Gasteiger partial charge in [-0.1, -0.05) is 0 Å². The van der Waals surface area contributed by atoms with Crippen LogP contribution in [0.25, 0.3) is 0 Å². The predicted molar refractivity (Wildman–Crippen MR) is 41.0 cm³/mol. The van der Waals surface area contributed by atoms with Crippen LogP contribution in [0.15, 0.2) is 0 Å². The van der Waals surface area contributed by atoms with Crippen molar-refractivity contribution in [1.82, 2.24) is 0 Å². The molecule has 0 heterocycles. The molecule has 0 atom stereocenters. The van der Waals surface area contributed by atoms with E-state index in [-0.39, 0.29) is 24.4 Å². The first-order valence-corrected chi connectivity index (χ1v) is 5.97. The number of carbonyl (C=O) groups excluding carboxylic acids is 1. The third kappa shape index (κ3) is 3.23. The van der Waals surface area contributed by atoms with E-state index in [2.05, 4.69) is 20.8 Å². The third-order valence-corrected chi connectivity index (χ3v) is 5.06. The number of carbonyl (C=O) groups is 1.